The molecule has 24 heavy (non-hydrogen) atoms. The Balaban J connectivity index is 2.94. The second-order valence-electron chi connectivity index (χ2n) is 4.53. The van der Waals surface area contributed by atoms with E-state index in [1.807, 2.05) is 0 Å². The molecule has 2 rings (SSSR count). The lowest BCUT2D eigenvalue weighted by atomic mass is 9.89. The average Bonchev–Trinajstić information content (AvgIpc) is 2.52. The first kappa shape index (κ1) is 16.7. The molecule has 0 heterocycles. The van der Waals surface area contributed by atoms with E-state index in [4.69, 9.17) is 0 Å². The van der Waals surface area contributed by atoms with Crippen molar-refractivity contribution in [2.75, 3.05) is 0 Å². The van der Waals surface area contributed by atoms with Crippen molar-refractivity contribution >= 4 is 5.57 Å². The summed E-state index contributed by atoms with van der Waals surface area (Å²) in [7, 11) is 0. The summed E-state index contributed by atoms with van der Waals surface area (Å²) in [5.74, 6) is 0. The van der Waals surface area contributed by atoms with E-state index < -0.39 is 48.4 Å². The van der Waals surface area contributed by atoms with Crippen LogP contribution in [0, 0.1) is 46.9 Å². The molecule has 0 amide bonds. The van der Waals surface area contributed by atoms with Gasteiger partial charge in [-0.05, 0) is 5.56 Å². The lowest BCUT2D eigenvalue weighted by molar-refractivity contribution is -0.552. The second kappa shape index (κ2) is 6.20. The van der Waals surface area contributed by atoms with Gasteiger partial charge in [0.1, 0.15) is 5.57 Å². The lowest BCUT2D eigenvalue weighted by Crippen LogP contribution is -2.34. The zero-order valence-corrected chi connectivity index (χ0v) is 11.6. The summed E-state index contributed by atoms with van der Waals surface area (Å²) >= 11 is 0. The second-order valence-corrected chi connectivity index (χ2v) is 4.53. The molecular formula is C12H7N4O8. The molecule has 0 aliphatic heterocycles. The summed E-state index contributed by atoms with van der Waals surface area (Å²) in [6, 6.07) is 4.59. The first-order chi connectivity index (χ1) is 11.3. The Hall–Kier alpha value is -3.70. The first-order valence-electron chi connectivity index (χ1n) is 6.21. The quantitative estimate of drug-likeness (QED) is 0.571. The van der Waals surface area contributed by atoms with Crippen LogP contribution in [-0.2, 0) is 0 Å². The molecule has 0 saturated carbocycles. The fourth-order valence-electron chi connectivity index (χ4n) is 2.29. The van der Waals surface area contributed by atoms with Crippen molar-refractivity contribution in [3.05, 3.63) is 99.9 Å². The highest BCUT2D eigenvalue weighted by Gasteiger charge is 2.54. The van der Waals surface area contributed by atoms with Gasteiger partial charge in [0.15, 0.2) is 6.42 Å². The maximum Gasteiger partial charge on any atom is 0.356 e. The van der Waals surface area contributed by atoms with Crippen molar-refractivity contribution in [1.82, 2.24) is 0 Å². The average molecular weight is 335 g/mol. The van der Waals surface area contributed by atoms with Crippen molar-refractivity contribution in [2.45, 2.75) is 6.04 Å². The van der Waals surface area contributed by atoms with E-state index in [0.717, 1.165) is 0 Å². The van der Waals surface area contributed by atoms with Gasteiger partial charge in [-0.25, -0.2) is 0 Å². The highest BCUT2D eigenvalue weighted by atomic mass is 16.7. The number of hydrogen-bond donors (Lipinski definition) is 0. The largest absolute Gasteiger partial charge is 0.356 e. The molecule has 1 aliphatic rings. The molecule has 123 valence electrons. The number of benzene rings is 1. The maximum absolute atomic E-state index is 11.3. The van der Waals surface area contributed by atoms with Crippen LogP contribution in [0.2, 0.25) is 0 Å². The van der Waals surface area contributed by atoms with Crippen molar-refractivity contribution in [3.8, 4) is 0 Å². The SMILES string of the molecule is O=[N+]([O-])C1=C([N+](=O)[O-])C(c2ccccc2)=C([N+](=O)[O-])C([N+](=O)[O-])[CH]1. The minimum Gasteiger partial charge on any atom is -0.264 e. The fourth-order valence-corrected chi connectivity index (χ4v) is 2.29. The summed E-state index contributed by atoms with van der Waals surface area (Å²) in [5.41, 5.74) is -4.26. The van der Waals surface area contributed by atoms with E-state index in [9.17, 15) is 40.5 Å². The molecule has 0 spiro atoms. The van der Waals surface area contributed by atoms with Crippen molar-refractivity contribution in [1.29, 1.82) is 0 Å². The first-order valence-corrected chi connectivity index (χ1v) is 6.21. The summed E-state index contributed by atoms with van der Waals surface area (Å²) < 4.78 is 0. The van der Waals surface area contributed by atoms with Crippen LogP contribution in [0.3, 0.4) is 0 Å². The van der Waals surface area contributed by atoms with Gasteiger partial charge in [-0.1, -0.05) is 30.3 Å². The summed E-state index contributed by atoms with van der Waals surface area (Å²) in [6.45, 7) is 0. The summed E-state index contributed by atoms with van der Waals surface area (Å²) in [5, 5.41) is 44.8. The van der Waals surface area contributed by atoms with Crippen molar-refractivity contribution in [3.63, 3.8) is 0 Å². The Labute approximate surface area is 132 Å². The highest BCUT2D eigenvalue weighted by Crippen LogP contribution is 2.38. The van der Waals surface area contributed by atoms with Gasteiger partial charge in [0.05, 0.1) is 14.8 Å². The van der Waals surface area contributed by atoms with Crippen LogP contribution in [0.15, 0.2) is 47.4 Å². The van der Waals surface area contributed by atoms with Crippen LogP contribution in [0.5, 0.6) is 0 Å². The van der Waals surface area contributed by atoms with E-state index in [1.165, 1.54) is 30.3 Å². The van der Waals surface area contributed by atoms with E-state index in [-0.39, 0.29) is 5.56 Å². The Morgan fingerprint density at radius 3 is 1.79 bits per heavy atom. The Morgan fingerprint density at radius 2 is 1.38 bits per heavy atom. The standard InChI is InChI=1S/C12H7N4O8/c17-13(18)8-6-9(14(19)20)12(16(23)24)10(11(8)15(21)22)7-4-2-1-3-5-7/h1-6,8H. The lowest BCUT2D eigenvalue weighted by Gasteiger charge is -2.14. The maximum atomic E-state index is 11.3. The van der Waals surface area contributed by atoms with Crippen LogP contribution in [0.4, 0.5) is 0 Å². The Kier molecular flexibility index (Phi) is 4.30. The summed E-state index contributed by atoms with van der Waals surface area (Å²) in [6.07, 6.45) is 0.308. The Morgan fingerprint density at radius 1 is 0.792 bits per heavy atom. The molecule has 1 radical (unpaired) electrons. The predicted octanol–water partition coefficient (Wildman–Crippen LogP) is 1.30. The fraction of sp³-hybridized carbons (Fsp3) is 0.0833. The normalized spacial score (nSPS) is 17.6. The number of hydrogen-bond acceptors (Lipinski definition) is 8. The van der Waals surface area contributed by atoms with Crippen LogP contribution in [-0.4, -0.2) is 25.7 Å². The molecule has 1 unspecified atom stereocenters. The van der Waals surface area contributed by atoms with Crippen LogP contribution < -0.4 is 0 Å². The molecular weight excluding hydrogens is 328 g/mol. The van der Waals surface area contributed by atoms with Gasteiger partial charge in [-0.3, -0.25) is 40.5 Å². The molecule has 1 aromatic rings. The minimum absolute atomic E-state index is 0.102. The van der Waals surface area contributed by atoms with Gasteiger partial charge in [0, 0.05) is 4.92 Å². The Bertz CT molecular complexity index is 814. The number of allylic oxidation sites excluding steroid dienone is 1. The zero-order valence-electron chi connectivity index (χ0n) is 11.6. The zero-order chi connectivity index (χ0) is 18.0. The van der Waals surface area contributed by atoms with Crippen LogP contribution in [0.1, 0.15) is 5.56 Å². The highest BCUT2D eigenvalue weighted by molar-refractivity contribution is 5.81. The van der Waals surface area contributed by atoms with E-state index in [0.29, 0.717) is 6.42 Å². The minimum atomic E-state index is -2.18. The molecule has 0 aromatic heterocycles. The third-order valence-electron chi connectivity index (χ3n) is 3.20. The van der Waals surface area contributed by atoms with Crippen molar-refractivity contribution < 1.29 is 19.7 Å². The molecule has 0 fully saturated rings. The van der Waals surface area contributed by atoms with Crippen LogP contribution >= 0.6 is 0 Å². The molecule has 12 nitrogen and oxygen atoms in total. The van der Waals surface area contributed by atoms with Gasteiger partial charge in [-0.15, -0.1) is 0 Å². The molecule has 0 bridgehead atoms. The molecule has 0 saturated heterocycles. The van der Waals surface area contributed by atoms with Gasteiger partial charge >= 0.3 is 23.1 Å². The molecule has 1 aliphatic carbocycles. The van der Waals surface area contributed by atoms with Gasteiger partial charge in [0.25, 0.3) is 0 Å². The number of rotatable bonds is 5. The van der Waals surface area contributed by atoms with E-state index in [2.05, 4.69) is 0 Å². The predicted molar refractivity (Wildman–Crippen MR) is 76.5 cm³/mol. The topological polar surface area (TPSA) is 173 Å². The third-order valence-corrected chi connectivity index (χ3v) is 3.20. The number of nitrogens with zero attached hydrogens (tertiary/aromatic N) is 4. The molecule has 1 aromatic carbocycles. The van der Waals surface area contributed by atoms with Crippen LogP contribution in [0.25, 0.3) is 5.57 Å². The molecule has 0 N–H and O–H groups in total. The van der Waals surface area contributed by atoms with Gasteiger partial charge in [-0.2, -0.15) is 0 Å². The molecule has 12 heteroatoms. The summed E-state index contributed by atoms with van der Waals surface area (Å²) in [4.78, 5) is 40.2. The van der Waals surface area contributed by atoms with Gasteiger partial charge < -0.3 is 0 Å². The van der Waals surface area contributed by atoms with Gasteiger partial charge in [0.2, 0.25) is 0 Å². The smallest absolute Gasteiger partial charge is 0.264 e. The van der Waals surface area contributed by atoms with E-state index in [1.54, 1.807) is 0 Å². The monoisotopic (exact) mass is 335 g/mol. The molecule has 1 atom stereocenters. The third kappa shape index (κ3) is 2.79. The van der Waals surface area contributed by atoms with Crippen molar-refractivity contribution in [2.24, 2.45) is 0 Å². The van der Waals surface area contributed by atoms with E-state index >= 15 is 0 Å². The number of nitro groups is 4.